The lowest BCUT2D eigenvalue weighted by atomic mass is 10.1. The molecule has 2 heterocycles. The molecule has 1 aromatic heterocycles. The van der Waals surface area contributed by atoms with Crippen LogP contribution in [0.3, 0.4) is 0 Å². The number of carbonyl (C=O) groups is 3. The molecule has 1 aliphatic heterocycles. The number of nitro benzene ring substituents is 1. The number of nitrogens with one attached hydrogen (secondary N) is 1. The van der Waals surface area contributed by atoms with Crippen molar-refractivity contribution in [2.24, 2.45) is 0 Å². The lowest BCUT2D eigenvalue weighted by Gasteiger charge is -2.12. The molecule has 3 aromatic rings. The lowest BCUT2D eigenvalue weighted by Crippen LogP contribution is -2.37. The number of amides is 3. The summed E-state index contributed by atoms with van der Waals surface area (Å²) in [5.74, 6) is -0.866. The van der Waals surface area contributed by atoms with Gasteiger partial charge in [0.25, 0.3) is 22.7 Å². The quantitative estimate of drug-likeness (QED) is 0.313. The van der Waals surface area contributed by atoms with Gasteiger partial charge in [0, 0.05) is 31.4 Å². The molecular formula is C23H19N5O5S. The van der Waals surface area contributed by atoms with E-state index in [-0.39, 0.29) is 29.7 Å². The highest BCUT2D eigenvalue weighted by Crippen LogP contribution is 2.31. The second kappa shape index (κ2) is 9.71. The van der Waals surface area contributed by atoms with Crippen LogP contribution in [0.1, 0.15) is 21.6 Å². The van der Waals surface area contributed by atoms with E-state index in [9.17, 15) is 24.5 Å². The van der Waals surface area contributed by atoms with E-state index in [1.54, 1.807) is 12.3 Å². The maximum atomic E-state index is 12.6. The van der Waals surface area contributed by atoms with Crippen LogP contribution in [-0.2, 0) is 4.79 Å². The third-order valence-electron chi connectivity index (χ3n) is 5.02. The van der Waals surface area contributed by atoms with Gasteiger partial charge in [-0.25, -0.2) is 4.68 Å². The molecule has 172 valence electrons. The van der Waals surface area contributed by atoms with E-state index in [2.05, 4.69) is 10.4 Å². The smallest absolute Gasteiger partial charge is 0.293 e. The molecule has 0 bridgehead atoms. The topological polar surface area (TPSA) is 127 Å². The lowest BCUT2D eigenvalue weighted by molar-refractivity contribution is -0.384. The second-order valence-electron chi connectivity index (χ2n) is 7.42. The molecule has 10 nitrogen and oxygen atoms in total. The van der Waals surface area contributed by atoms with Gasteiger partial charge >= 0.3 is 0 Å². The fourth-order valence-electron chi connectivity index (χ4n) is 3.19. The minimum absolute atomic E-state index is 0.0324. The fourth-order valence-corrected chi connectivity index (χ4v) is 4.06. The van der Waals surface area contributed by atoms with E-state index < -0.39 is 16.7 Å². The first kappa shape index (κ1) is 22.9. The summed E-state index contributed by atoms with van der Waals surface area (Å²) in [5, 5.41) is 17.2. The van der Waals surface area contributed by atoms with Crippen LogP contribution in [0.4, 0.5) is 10.5 Å². The Morgan fingerprint density at radius 3 is 2.50 bits per heavy atom. The maximum absolute atomic E-state index is 12.6. The van der Waals surface area contributed by atoms with Crippen LogP contribution in [0.2, 0.25) is 0 Å². The van der Waals surface area contributed by atoms with Crippen molar-refractivity contribution in [2.45, 2.75) is 6.92 Å². The zero-order valence-corrected chi connectivity index (χ0v) is 18.8. The van der Waals surface area contributed by atoms with E-state index in [1.165, 1.54) is 35.0 Å². The van der Waals surface area contributed by atoms with Gasteiger partial charge in [-0.15, -0.1) is 0 Å². The molecule has 0 saturated carbocycles. The molecule has 1 fully saturated rings. The Bertz CT molecular complexity index is 1300. The van der Waals surface area contributed by atoms with E-state index in [1.807, 2.05) is 31.2 Å². The molecule has 0 unspecified atom stereocenters. The van der Waals surface area contributed by atoms with E-state index in [0.717, 1.165) is 27.8 Å². The number of benzene rings is 2. The number of hydrogen-bond acceptors (Lipinski definition) is 7. The van der Waals surface area contributed by atoms with E-state index in [4.69, 9.17) is 0 Å². The predicted octanol–water partition coefficient (Wildman–Crippen LogP) is 3.56. The summed E-state index contributed by atoms with van der Waals surface area (Å²) in [6, 6.07) is 14.8. The van der Waals surface area contributed by atoms with Crippen LogP contribution in [0.25, 0.3) is 11.8 Å². The Hall–Kier alpha value is -4.25. The van der Waals surface area contributed by atoms with Gasteiger partial charge in [-0.1, -0.05) is 29.8 Å². The number of non-ortho nitro benzene ring substituents is 1. The monoisotopic (exact) mass is 477 g/mol. The minimum atomic E-state index is -0.499. The molecule has 11 heteroatoms. The van der Waals surface area contributed by atoms with Crippen molar-refractivity contribution in [3.05, 3.63) is 92.6 Å². The Morgan fingerprint density at radius 2 is 1.82 bits per heavy atom. The summed E-state index contributed by atoms with van der Waals surface area (Å²) < 4.78 is 1.42. The van der Waals surface area contributed by atoms with Crippen molar-refractivity contribution in [2.75, 3.05) is 13.1 Å². The number of hydrogen-bond donors (Lipinski definition) is 1. The van der Waals surface area contributed by atoms with Crippen molar-refractivity contribution in [3.8, 4) is 5.69 Å². The van der Waals surface area contributed by atoms with Gasteiger partial charge in [-0.05, 0) is 48.5 Å². The number of imide groups is 1. The van der Waals surface area contributed by atoms with Crippen LogP contribution in [-0.4, -0.2) is 49.7 Å². The number of nitrogens with zero attached hydrogens (tertiary/aromatic N) is 4. The first-order valence-electron chi connectivity index (χ1n) is 10.2. The second-order valence-corrected chi connectivity index (χ2v) is 8.41. The first-order valence-corrected chi connectivity index (χ1v) is 11.0. The SMILES string of the molecule is Cc1ccc(/C=C2\SC(=O)N(CCNC(=O)c3ccn(-c4ccc([N+](=O)[O-])cc4)n3)C2=O)cc1. The summed E-state index contributed by atoms with van der Waals surface area (Å²) >= 11 is 0.868. The van der Waals surface area contributed by atoms with Gasteiger partial charge in [-0.2, -0.15) is 5.10 Å². The number of thioether (sulfide) groups is 1. The van der Waals surface area contributed by atoms with E-state index >= 15 is 0 Å². The van der Waals surface area contributed by atoms with E-state index in [0.29, 0.717) is 10.6 Å². The molecule has 0 radical (unpaired) electrons. The number of carbonyl (C=O) groups excluding carboxylic acids is 3. The zero-order valence-electron chi connectivity index (χ0n) is 18.0. The van der Waals surface area contributed by atoms with Crippen LogP contribution >= 0.6 is 11.8 Å². The highest BCUT2D eigenvalue weighted by atomic mass is 32.2. The first-order chi connectivity index (χ1) is 16.3. The van der Waals surface area contributed by atoms with Crippen LogP contribution in [0.15, 0.2) is 65.7 Å². The molecule has 3 amide bonds. The standard InChI is InChI=1S/C23H19N5O5S/c1-15-2-4-16(5-3-15)14-20-22(30)26(23(31)34-20)13-11-24-21(29)19-10-12-27(25-19)17-6-8-18(9-7-17)28(32)33/h2-10,12,14H,11,13H2,1H3,(H,24,29)/b20-14-. The average Bonchev–Trinajstić information content (AvgIpc) is 3.41. The Labute approximate surface area is 198 Å². The van der Waals surface area contributed by atoms with Crippen molar-refractivity contribution < 1.29 is 19.3 Å². The summed E-state index contributed by atoms with van der Waals surface area (Å²) in [6.45, 7) is 2.07. The Balaban J connectivity index is 1.33. The van der Waals surface area contributed by atoms with Gasteiger partial charge in [0.15, 0.2) is 5.69 Å². The molecule has 1 N–H and O–H groups in total. The largest absolute Gasteiger partial charge is 0.349 e. The number of nitro groups is 1. The number of aromatic nitrogens is 2. The summed E-state index contributed by atoms with van der Waals surface area (Å²) in [6.07, 6.45) is 3.23. The third-order valence-corrected chi connectivity index (χ3v) is 5.92. The van der Waals surface area contributed by atoms with Crippen LogP contribution < -0.4 is 5.32 Å². The highest BCUT2D eigenvalue weighted by Gasteiger charge is 2.34. The van der Waals surface area contributed by atoms with Crippen molar-refractivity contribution in [1.82, 2.24) is 20.0 Å². The van der Waals surface area contributed by atoms with Crippen molar-refractivity contribution in [3.63, 3.8) is 0 Å². The molecule has 1 saturated heterocycles. The highest BCUT2D eigenvalue weighted by molar-refractivity contribution is 8.18. The molecular weight excluding hydrogens is 458 g/mol. The Morgan fingerprint density at radius 1 is 1.12 bits per heavy atom. The maximum Gasteiger partial charge on any atom is 0.293 e. The van der Waals surface area contributed by atoms with Gasteiger partial charge in [-0.3, -0.25) is 29.4 Å². The van der Waals surface area contributed by atoms with Gasteiger partial charge in [0.05, 0.1) is 15.5 Å². The fraction of sp³-hybridized carbons (Fsp3) is 0.130. The summed E-state index contributed by atoms with van der Waals surface area (Å²) in [4.78, 5) is 49.0. The minimum Gasteiger partial charge on any atom is -0.349 e. The van der Waals surface area contributed by atoms with Gasteiger partial charge in [0.1, 0.15) is 0 Å². The van der Waals surface area contributed by atoms with Crippen molar-refractivity contribution >= 4 is 40.6 Å². The molecule has 34 heavy (non-hydrogen) atoms. The van der Waals surface area contributed by atoms with Crippen molar-refractivity contribution in [1.29, 1.82) is 0 Å². The van der Waals surface area contributed by atoms with Crippen LogP contribution in [0, 0.1) is 17.0 Å². The zero-order chi connectivity index (χ0) is 24.2. The van der Waals surface area contributed by atoms with Gasteiger partial charge in [0.2, 0.25) is 0 Å². The predicted molar refractivity (Wildman–Crippen MR) is 126 cm³/mol. The molecule has 0 spiro atoms. The molecule has 0 aliphatic carbocycles. The summed E-state index contributed by atoms with van der Waals surface area (Å²) in [7, 11) is 0. The molecule has 1 aliphatic rings. The number of aryl methyl sites for hydroxylation is 1. The van der Waals surface area contributed by atoms with Crippen LogP contribution in [0.5, 0.6) is 0 Å². The average molecular weight is 478 g/mol. The molecule has 4 rings (SSSR count). The Kier molecular flexibility index (Phi) is 6.55. The molecule has 0 atom stereocenters. The number of rotatable bonds is 7. The molecule has 2 aromatic carbocycles. The van der Waals surface area contributed by atoms with Gasteiger partial charge < -0.3 is 5.32 Å². The summed E-state index contributed by atoms with van der Waals surface area (Å²) in [5.41, 5.74) is 2.57. The third kappa shape index (κ3) is 5.04. The normalized spacial score (nSPS) is 14.6.